The van der Waals surface area contributed by atoms with Gasteiger partial charge in [0.2, 0.25) is 0 Å². The van der Waals surface area contributed by atoms with Crippen molar-refractivity contribution in [2.24, 2.45) is 0 Å². The fraction of sp³-hybridized carbons (Fsp3) is 0.214. The van der Waals surface area contributed by atoms with Gasteiger partial charge in [0.05, 0.1) is 18.4 Å². The zero-order valence-corrected chi connectivity index (χ0v) is 11.1. The van der Waals surface area contributed by atoms with Gasteiger partial charge in [0, 0.05) is 12.6 Å². The van der Waals surface area contributed by atoms with Crippen LogP contribution in [0.5, 0.6) is 0 Å². The molecule has 0 aliphatic heterocycles. The highest BCUT2D eigenvalue weighted by Crippen LogP contribution is 2.30. The number of nitrogen functional groups attached to an aromatic ring is 1. The highest BCUT2D eigenvalue weighted by molar-refractivity contribution is 5.94. The Labute approximate surface area is 118 Å². The van der Waals surface area contributed by atoms with Gasteiger partial charge in [-0.15, -0.1) is 0 Å². The van der Waals surface area contributed by atoms with Crippen molar-refractivity contribution in [3.05, 3.63) is 52.8 Å². The van der Waals surface area contributed by atoms with E-state index in [1.807, 2.05) is 0 Å². The summed E-state index contributed by atoms with van der Waals surface area (Å²) in [7, 11) is 1.22. The number of rotatable bonds is 3. The van der Waals surface area contributed by atoms with Crippen LogP contribution in [0.4, 0.5) is 18.9 Å². The molecule has 0 atom stereocenters. The number of hydrogen-bond acceptors (Lipinski definition) is 3. The topological polar surface area (TPSA) is 68.1 Å². The van der Waals surface area contributed by atoms with E-state index in [2.05, 4.69) is 9.72 Å². The molecule has 0 aliphatic carbocycles. The molecule has 0 radical (unpaired) electrons. The number of H-pyrrole nitrogens is 1. The van der Waals surface area contributed by atoms with Crippen molar-refractivity contribution < 1.29 is 22.7 Å². The van der Waals surface area contributed by atoms with Crippen LogP contribution in [0, 0.1) is 0 Å². The number of carbonyl (C=O) groups excluding carboxylic acids is 1. The Hall–Kier alpha value is -2.44. The van der Waals surface area contributed by atoms with Crippen LogP contribution in [0.2, 0.25) is 0 Å². The summed E-state index contributed by atoms with van der Waals surface area (Å²) in [5.41, 5.74) is 6.34. The average Bonchev–Trinajstić information content (AvgIpc) is 2.79. The Morgan fingerprint density at radius 2 is 2.10 bits per heavy atom. The van der Waals surface area contributed by atoms with E-state index in [9.17, 15) is 18.0 Å². The molecule has 1 aromatic heterocycles. The minimum atomic E-state index is -4.39. The standard InChI is InChI=1S/C14H13F3N2O2/c1-21-13(20)12-11(18)9(7-19-12)5-8-3-2-4-10(6-8)14(15,16)17/h2-4,6-7,19H,5,18H2,1H3. The quantitative estimate of drug-likeness (QED) is 0.856. The van der Waals surface area contributed by atoms with Crippen LogP contribution in [0.15, 0.2) is 30.5 Å². The molecule has 2 aromatic rings. The van der Waals surface area contributed by atoms with Gasteiger partial charge in [-0.3, -0.25) is 0 Å². The fourth-order valence-electron chi connectivity index (χ4n) is 1.97. The summed E-state index contributed by atoms with van der Waals surface area (Å²) in [6.07, 6.45) is -2.72. The van der Waals surface area contributed by atoms with E-state index >= 15 is 0 Å². The van der Waals surface area contributed by atoms with E-state index in [4.69, 9.17) is 5.73 Å². The van der Waals surface area contributed by atoms with Gasteiger partial charge in [0.1, 0.15) is 5.69 Å². The van der Waals surface area contributed by atoms with Crippen molar-refractivity contribution in [3.63, 3.8) is 0 Å². The summed E-state index contributed by atoms with van der Waals surface area (Å²) >= 11 is 0. The van der Waals surface area contributed by atoms with E-state index in [0.29, 0.717) is 11.1 Å². The smallest absolute Gasteiger partial charge is 0.416 e. The number of nitrogens with one attached hydrogen (secondary N) is 1. The van der Waals surface area contributed by atoms with Crippen molar-refractivity contribution in [1.82, 2.24) is 4.98 Å². The van der Waals surface area contributed by atoms with Crippen LogP contribution in [0.3, 0.4) is 0 Å². The number of benzene rings is 1. The summed E-state index contributed by atoms with van der Waals surface area (Å²) < 4.78 is 42.5. The molecular formula is C14H13F3N2O2. The van der Waals surface area contributed by atoms with Gasteiger partial charge in [0.15, 0.2) is 0 Å². The molecule has 0 unspecified atom stereocenters. The maximum atomic E-state index is 12.6. The van der Waals surface area contributed by atoms with Crippen molar-refractivity contribution >= 4 is 11.7 Å². The molecule has 3 N–H and O–H groups in total. The third-order valence-corrected chi connectivity index (χ3v) is 3.04. The van der Waals surface area contributed by atoms with E-state index in [0.717, 1.165) is 12.1 Å². The molecule has 112 valence electrons. The highest BCUT2D eigenvalue weighted by atomic mass is 19.4. The molecule has 0 fully saturated rings. The van der Waals surface area contributed by atoms with Gasteiger partial charge in [-0.2, -0.15) is 13.2 Å². The third kappa shape index (κ3) is 3.18. The normalized spacial score (nSPS) is 11.4. The van der Waals surface area contributed by atoms with Crippen molar-refractivity contribution in [1.29, 1.82) is 0 Å². The van der Waals surface area contributed by atoms with E-state index < -0.39 is 17.7 Å². The van der Waals surface area contributed by atoms with Gasteiger partial charge in [-0.1, -0.05) is 18.2 Å². The number of aromatic nitrogens is 1. The average molecular weight is 298 g/mol. The van der Waals surface area contributed by atoms with Gasteiger partial charge < -0.3 is 15.5 Å². The number of halogens is 3. The van der Waals surface area contributed by atoms with Crippen LogP contribution in [0.25, 0.3) is 0 Å². The van der Waals surface area contributed by atoms with Crippen LogP contribution in [0.1, 0.15) is 27.2 Å². The molecule has 0 aliphatic rings. The highest BCUT2D eigenvalue weighted by Gasteiger charge is 2.30. The first-order valence-corrected chi connectivity index (χ1v) is 6.03. The second-order valence-electron chi connectivity index (χ2n) is 4.47. The maximum absolute atomic E-state index is 12.6. The largest absolute Gasteiger partial charge is 0.464 e. The minimum absolute atomic E-state index is 0.0967. The molecule has 0 spiro atoms. The molecule has 0 saturated carbocycles. The lowest BCUT2D eigenvalue weighted by molar-refractivity contribution is -0.137. The van der Waals surface area contributed by atoms with Crippen LogP contribution >= 0.6 is 0 Å². The number of carbonyl (C=O) groups is 1. The number of anilines is 1. The maximum Gasteiger partial charge on any atom is 0.416 e. The van der Waals surface area contributed by atoms with Crippen LogP contribution in [-0.2, 0) is 17.3 Å². The SMILES string of the molecule is COC(=O)c1[nH]cc(Cc2cccc(C(F)(F)F)c2)c1N. The molecule has 2 rings (SSSR count). The van der Waals surface area contributed by atoms with Crippen molar-refractivity contribution in [2.75, 3.05) is 12.8 Å². The Bertz CT molecular complexity index is 662. The number of hydrogen-bond donors (Lipinski definition) is 2. The predicted octanol–water partition coefficient (Wildman–Crippen LogP) is 2.99. The molecule has 4 nitrogen and oxygen atoms in total. The summed E-state index contributed by atoms with van der Waals surface area (Å²) in [6.45, 7) is 0. The molecule has 0 bridgehead atoms. The van der Waals surface area contributed by atoms with Crippen LogP contribution < -0.4 is 5.73 Å². The second-order valence-corrected chi connectivity index (χ2v) is 4.47. The first-order chi connectivity index (χ1) is 9.82. The second kappa shape index (κ2) is 5.51. The molecule has 21 heavy (non-hydrogen) atoms. The minimum Gasteiger partial charge on any atom is -0.464 e. The van der Waals surface area contributed by atoms with Gasteiger partial charge in [-0.25, -0.2) is 4.79 Å². The summed E-state index contributed by atoms with van der Waals surface area (Å²) in [5.74, 6) is -0.622. The molecule has 0 saturated heterocycles. The Balaban J connectivity index is 2.27. The Morgan fingerprint density at radius 1 is 1.38 bits per heavy atom. The predicted molar refractivity (Wildman–Crippen MR) is 70.8 cm³/mol. The summed E-state index contributed by atoms with van der Waals surface area (Å²) in [6, 6.07) is 4.97. The molecular weight excluding hydrogens is 285 g/mol. The van der Waals surface area contributed by atoms with E-state index in [-0.39, 0.29) is 17.8 Å². The number of ether oxygens (including phenoxy) is 1. The van der Waals surface area contributed by atoms with Gasteiger partial charge in [0.25, 0.3) is 0 Å². The third-order valence-electron chi connectivity index (χ3n) is 3.04. The Kier molecular flexibility index (Phi) is 3.93. The van der Waals surface area contributed by atoms with Crippen molar-refractivity contribution in [3.8, 4) is 0 Å². The molecule has 7 heteroatoms. The zero-order chi connectivity index (χ0) is 15.6. The number of aromatic amines is 1. The zero-order valence-electron chi connectivity index (χ0n) is 11.1. The van der Waals surface area contributed by atoms with Crippen LogP contribution in [-0.4, -0.2) is 18.1 Å². The van der Waals surface area contributed by atoms with Gasteiger partial charge >= 0.3 is 12.1 Å². The van der Waals surface area contributed by atoms with Crippen molar-refractivity contribution in [2.45, 2.75) is 12.6 Å². The fourth-order valence-corrected chi connectivity index (χ4v) is 1.97. The van der Waals surface area contributed by atoms with E-state index in [1.165, 1.54) is 19.4 Å². The molecule has 1 heterocycles. The summed E-state index contributed by atoms with van der Waals surface area (Å²) in [5, 5.41) is 0. The molecule has 1 aromatic carbocycles. The lowest BCUT2D eigenvalue weighted by atomic mass is 10.0. The number of methoxy groups -OCH3 is 1. The lowest BCUT2D eigenvalue weighted by Crippen LogP contribution is -2.06. The lowest BCUT2D eigenvalue weighted by Gasteiger charge is -2.08. The number of esters is 1. The first-order valence-electron chi connectivity index (χ1n) is 6.03. The monoisotopic (exact) mass is 298 g/mol. The number of nitrogens with two attached hydrogens (primary N) is 1. The Morgan fingerprint density at radius 3 is 2.71 bits per heavy atom. The van der Waals surface area contributed by atoms with Gasteiger partial charge in [-0.05, 0) is 17.2 Å². The number of alkyl halides is 3. The van der Waals surface area contributed by atoms with E-state index in [1.54, 1.807) is 6.07 Å². The summed E-state index contributed by atoms with van der Waals surface area (Å²) in [4.78, 5) is 14.1. The molecule has 0 amide bonds. The first kappa shape index (κ1) is 15.0.